The van der Waals surface area contributed by atoms with Crippen molar-refractivity contribution in [1.29, 1.82) is 0 Å². The van der Waals surface area contributed by atoms with Crippen molar-refractivity contribution in [2.45, 2.75) is 52.1 Å². The van der Waals surface area contributed by atoms with Crippen LogP contribution in [0.15, 0.2) is 28.8 Å². The quantitative estimate of drug-likeness (QED) is 0.514. The first-order valence-corrected chi connectivity index (χ1v) is 11.9. The van der Waals surface area contributed by atoms with Gasteiger partial charge in [-0.25, -0.2) is 9.78 Å². The minimum absolute atomic E-state index is 0.0817. The summed E-state index contributed by atoms with van der Waals surface area (Å²) in [5, 5.41) is 1.04. The van der Waals surface area contributed by atoms with E-state index in [0.717, 1.165) is 12.8 Å². The minimum atomic E-state index is -0.508. The van der Waals surface area contributed by atoms with Gasteiger partial charge in [-0.1, -0.05) is 23.2 Å². The van der Waals surface area contributed by atoms with Crippen LogP contribution in [-0.4, -0.2) is 59.1 Å². The van der Waals surface area contributed by atoms with Gasteiger partial charge in [0.1, 0.15) is 5.60 Å². The molecule has 3 rings (SSSR count). The average Bonchev–Trinajstić information content (AvgIpc) is 3.20. The van der Waals surface area contributed by atoms with E-state index < -0.39 is 5.60 Å². The molecule has 33 heavy (non-hydrogen) atoms. The first-order chi connectivity index (χ1) is 15.5. The molecule has 1 aliphatic rings. The van der Waals surface area contributed by atoms with E-state index in [1.807, 2.05) is 25.7 Å². The zero-order chi connectivity index (χ0) is 24.2. The Morgan fingerprint density at radius 3 is 2.58 bits per heavy atom. The van der Waals surface area contributed by atoms with Gasteiger partial charge < -0.3 is 19.0 Å². The van der Waals surface area contributed by atoms with Crippen LogP contribution >= 0.6 is 23.2 Å². The van der Waals surface area contributed by atoms with Crippen LogP contribution in [0, 0.1) is 5.92 Å². The van der Waals surface area contributed by atoms with Crippen LogP contribution in [0.25, 0.3) is 11.3 Å². The van der Waals surface area contributed by atoms with Gasteiger partial charge in [0.15, 0.2) is 11.7 Å². The molecule has 0 radical (unpaired) electrons. The van der Waals surface area contributed by atoms with Gasteiger partial charge in [-0.05, 0) is 57.7 Å². The topological polar surface area (TPSA) is 75.9 Å². The van der Waals surface area contributed by atoms with Gasteiger partial charge in [0.05, 0.1) is 11.2 Å². The predicted molar refractivity (Wildman–Crippen MR) is 128 cm³/mol. The molecule has 7 nitrogen and oxygen atoms in total. The molecular weight excluding hydrogens is 465 g/mol. The van der Waals surface area contributed by atoms with Crippen LogP contribution in [-0.2, 0) is 16.0 Å². The summed E-state index contributed by atoms with van der Waals surface area (Å²) >= 11 is 12.2. The lowest BCUT2D eigenvalue weighted by Gasteiger charge is -2.34. The molecule has 0 aliphatic carbocycles. The SMILES string of the molecule is CN(CC1CCN(C(=O)CCc2ncc(-c3ccc(Cl)cc3Cl)o2)CC1)C(=O)OC(C)(C)C. The smallest absolute Gasteiger partial charge is 0.410 e. The average molecular weight is 496 g/mol. The van der Waals surface area contributed by atoms with Crippen LogP contribution in [0.2, 0.25) is 10.0 Å². The number of likely N-dealkylation sites (tertiary alicyclic amines) is 1. The number of rotatable bonds is 6. The highest BCUT2D eigenvalue weighted by atomic mass is 35.5. The maximum absolute atomic E-state index is 12.7. The molecule has 180 valence electrons. The van der Waals surface area contributed by atoms with Gasteiger partial charge in [0.2, 0.25) is 5.91 Å². The fourth-order valence-electron chi connectivity index (χ4n) is 3.78. The van der Waals surface area contributed by atoms with E-state index in [9.17, 15) is 9.59 Å². The molecular formula is C24H31Cl2N3O4. The molecule has 2 aromatic rings. The lowest BCUT2D eigenvalue weighted by atomic mass is 9.96. The highest BCUT2D eigenvalue weighted by Crippen LogP contribution is 2.31. The van der Waals surface area contributed by atoms with Crippen molar-refractivity contribution in [1.82, 2.24) is 14.8 Å². The number of aryl methyl sites for hydroxylation is 1. The Kier molecular flexibility index (Phi) is 8.29. The molecule has 1 saturated heterocycles. The normalized spacial score (nSPS) is 14.9. The van der Waals surface area contributed by atoms with E-state index in [-0.39, 0.29) is 12.0 Å². The Hall–Kier alpha value is -2.25. The number of ether oxygens (including phenoxy) is 1. The fourth-order valence-corrected chi connectivity index (χ4v) is 4.28. The van der Waals surface area contributed by atoms with E-state index >= 15 is 0 Å². The molecule has 2 heterocycles. The number of aromatic nitrogens is 1. The van der Waals surface area contributed by atoms with Crippen molar-refractivity contribution in [2.75, 3.05) is 26.7 Å². The van der Waals surface area contributed by atoms with Gasteiger partial charge in [-0.15, -0.1) is 0 Å². The van der Waals surface area contributed by atoms with E-state index in [4.69, 9.17) is 32.4 Å². The summed E-state index contributed by atoms with van der Waals surface area (Å²) in [5.74, 6) is 1.48. The number of hydrogen-bond donors (Lipinski definition) is 0. The highest BCUT2D eigenvalue weighted by molar-refractivity contribution is 6.36. The van der Waals surface area contributed by atoms with Crippen molar-refractivity contribution in [2.24, 2.45) is 5.92 Å². The Balaban J connectivity index is 1.44. The molecule has 0 N–H and O–H groups in total. The minimum Gasteiger partial charge on any atom is -0.444 e. The number of amides is 2. The second-order valence-corrected chi connectivity index (χ2v) is 10.3. The van der Waals surface area contributed by atoms with Gasteiger partial charge in [0.25, 0.3) is 0 Å². The number of oxazole rings is 1. The van der Waals surface area contributed by atoms with Crippen molar-refractivity contribution in [3.8, 4) is 11.3 Å². The van der Waals surface area contributed by atoms with Crippen LogP contribution < -0.4 is 0 Å². The van der Waals surface area contributed by atoms with Crippen LogP contribution in [0.5, 0.6) is 0 Å². The number of halogens is 2. The van der Waals surface area contributed by atoms with Gasteiger partial charge in [-0.2, -0.15) is 0 Å². The number of piperidine rings is 1. The summed E-state index contributed by atoms with van der Waals surface area (Å²) in [6.45, 7) is 7.56. The van der Waals surface area contributed by atoms with E-state index in [2.05, 4.69) is 4.98 Å². The number of nitrogens with zero attached hydrogens (tertiary/aromatic N) is 3. The van der Waals surface area contributed by atoms with Crippen molar-refractivity contribution < 1.29 is 18.7 Å². The van der Waals surface area contributed by atoms with Gasteiger partial charge in [0, 0.05) is 50.1 Å². The molecule has 2 amide bonds. The predicted octanol–water partition coefficient (Wildman–Crippen LogP) is 5.69. The largest absolute Gasteiger partial charge is 0.444 e. The number of carbonyl (C=O) groups excluding carboxylic acids is 2. The van der Waals surface area contributed by atoms with E-state index in [1.165, 1.54) is 0 Å². The Bertz CT molecular complexity index is 978. The molecule has 0 unspecified atom stereocenters. The summed E-state index contributed by atoms with van der Waals surface area (Å²) in [6, 6.07) is 5.17. The van der Waals surface area contributed by atoms with Crippen molar-refractivity contribution >= 4 is 35.2 Å². The molecule has 0 spiro atoms. The van der Waals surface area contributed by atoms with Crippen molar-refractivity contribution in [3.63, 3.8) is 0 Å². The molecule has 0 saturated carbocycles. The molecule has 9 heteroatoms. The Morgan fingerprint density at radius 2 is 1.94 bits per heavy atom. The van der Waals surface area contributed by atoms with E-state index in [1.54, 1.807) is 36.3 Å². The summed E-state index contributed by atoms with van der Waals surface area (Å²) in [5.41, 5.74) is 0.204. The molecule has 0 bridgehead atoms. The standard InChI is InChI=1S/C24H31Cl2N3O4/c1-24(2,3)33-23(31)28(4)15-16-9-11-29(12-10-16)22(30)8-7-21-27-14-20(32-21)18-6-5-17(25)13-19(18)26/h5-6,13-14,16H,7-12,15H2,1-4H3. The van der Waals surface area contributed by atoms with Crippen LogP contribution in [0.4, 0.5) is 4.79 Å². The molecule has 1 aliphatic heterocycles. The first-order valence-electron chi connectivity index (χ1n) is 11.1. The third-order valence-corrected chi connectivity index (χ3v) is 6.06. The first kappa shape index (κ1) is 25.4. The van der Waals surface area contributed by atoms with Crippen LogP contribution in [0.1, 0.15) is 45.9 Å². The highest BCUT2D eigenvalue weighted by Gasteiger charge is 2.26. The Labute approximate surface area is 205 Å². The molecule has 0 atom stereocenters. The second kappa shape index (κ2) is 10.8. The fraction of sp³-hybridized carbons (Fsp3) is 0.542. The summed E-state index contributed by atoms with van der Waals surface area (Å²) in [4.78, 5) is 32.6. The zero-order valence-electron chi connectivity index (χ0n) is 19.6. The maximum Gasteiger partial charge on any atom is 0.410 e. The third kappa shape index (κ3) is 7.37. The van der Waals surface area contributed by atoms with Crippen LogP contribution in [0.3, 0.4) is 0 Å². The number of hydrogen-bond acceptors (Lipinski definition) is 5. The Morgan fingerprint density at radius 1 is 1.24 bits per heavy atom. The van der Waals surface area contributed by atoms with E-state index in [0.29, 0.717) is 65.7 Å². The molecule has 1 fully saturated rings. The molecule has 1 aromatic carbocycles. The maximum atomic E-state index is 12.7. The van der Waals surface area contributed by atoms with Gasteiger partial charge >= 0.3 is 6.09 Å². The lowest BCUT2D eigenvalue weighted by molar-refractivity contribution is -0.132. The summed E-state index contributed by atoms with van der Waals surface area (Å²) in [6.07, 6.45) is 3.77. The summed E-state index contributed by atoms with van der Waals surface area (Å²) < 4.78 is 11.2. The number of benzene rings is 1. The third-order valence-electron chi connectivity index (χ3n) is 5.51. The molecule has 1 aromatic heterocycles. The number of carbonyl (C=O) groups is 2. The monoisotopic (exact) mass is 495 g/mol. The lowest BCUT2D eigenvalue weighted by Crippen LogP contribution is -2.43. The van der Waals surface area contributed by atoms with Crippen molar-refractivity contribution in [3.05, 3.63) is 40.3 Å². The summed E-state index contributed by atoms with van der Waals surface area (Å²) in [7, 11) is 1.76. The second-order valence-electron chi connectivity index (χ2n) is 9.43. The van der Waals surface area contributed by atoms with Gasteiger partial charge in [-0.3, -0.25) is 4.79 Å². The zero-order valence-corrected chi connectivity index (χ0v) is 21.1.